The van der Waals surface area contributed by atoms with E-state index in [1.807, 2.05) is 6.08 Å². The van der Waals surface area contributed by atoms with Crippen LogP contribution in [0.3, 0.4) is 0 Å². The standard InChI is InChI=1S/C91H149NO18/c1-3-5-7-9-11-13-15-17-19-21-23-25-27-29-31-33-34-35-36-37-38-39-40-41-43-45-47-49-51-53-55-57-59-61-63-65-67-69-79(97)92-74(75(96)68-66-64-62-60-58-56-54-52-50-48-46-44-42-32-30-28-26-24-22-20-18-16-14-12-10-8-6-4-2)73-105-89-85(103)82(100)87(77(71-94)107-89)110-91-86(104)83(101)88(78(72-95)108-91)109-90-84(102)81(99)80(98)76(70-93)106-90/h5,7,11,13,17,19,23,25,29,31,34-35,37-38,40-41,45,47,50-53,57-60,66,68,74-78,80-91,93-96,98-104H,3-4,6,8-10,12,14-16,18,20-22,24,26-28,30,32-33,36,39,42-44,46,48-49,54-56,61-65,67,69-73H2,1-2H3,(H,92,97)/b7-5-,13-11-,19-17-,25-23-,31-29-,35-34-,38-37-,41-40-,47-45-,52-50+,53-51-,59-57-,60-58+,68-66+. The lowest BCUT2D eigenvalue weighted by molar-refractivity contribution is -0.379. The molecule has 17 atom stereocenters. The number of unbranched alkanes of at least 4 members (excludes halogenated alkanes) is 23. The highest BCUT2D eigenvalue weighted by atomic mass is 16.8. The molecule has 3 rings (SSSR count). The van der Waals surface area contributed by atoms with Crippen molar-refractivity contribution in [1.29, 1.82) is 0 Å². The van der Waals surface area contributed by atoms with Gasteiger partial charge in [0.15, 0.2) is 18.9 Å². The van der Waals surface area contributed by atoms with Gasteiger partial charge in [-0.1, -0.05) is 300 Å². The van der Waals surface area contributed by atoms with Gasteiger partial charge in [-0.3, -0.25) is 4.79 Å². The molecule has 0 radical (unpaired) electrons. The molecule has 1 amide bonds. The highest BCUT2D eigenvalue weighted by Gasteiger charge is 2.54. The van der Waals surface area contributed by atoms with Crippen molar-refractivity contribution in [3.05, 3.63) is 170 Å². The van der Waals surface area contributed by atoms with Crippen LogP contribution in [0.1, 0.15) is 264 Å². The van der Waals surface area contributed by atoms with Crippen molar-refractivity contribution < 1.29 is 89.4 Å². The van der Waals surface area contributed by atoms with Gasteiger partial charge in [-0.2, -0.15) is 0 Å². The van der Waals surface area contributed by atoms with E-state index in [1.165, 1.54) is 116 Å². The molecule has 0 aromatic rings. The second kappa shape index (κ2) is 68.5. The van der Waals surface area contributed by atoms with Gasteiger partial charge in [0.25, 0.3) is 0 Å². The summed E-state index contributed by atoms with van der Waals surface area (Å²) < 4.78 is 34.4. The molecule has 19 heteroatoms. The number of hydrogen-bond donors (Lipinski definition) is 12. The number of rotatable bonds is 65. The molecule has 0 aliphatic carbocycles. The molecule has 0 spiro atoms. The summed E-state index contributed by atoms with van der Waals surface area (Å²) in [5.74, 6) is -0.327. The second-order valence-electron chi connectivity index (χ2n) is 29.2. The summed E-state index contributed by atoms with van der Waals surface area (Å²) in [6.07, 6.45) is 76.3. The van der Waals surface area contributed by atoms with E-state index in [4.69, 9.17) is 28.4 Å². The Morgan fingerprint density at radius 1 is 0.336 bits per heavy atom. The predicted octanol–water partition coefficient (Wildman–Crippen LogP) is 15.3. The lowest BCUT2D eigenvalue weighted by Gasteiger charge is -2.48. The molecule has 3 saturated heterocycles. The lowest BCUT2D eigenvalue weighted by Crippen LogP contribution is -2.66. The van der Waals surface area contributed by atoms with Gasteiger partial charge in [-0.15, -0.1) is 0 Å². The Bertz CT molecular complexity index is 2660. The van der Waals surface area contributed by atoms with Crippen molar-refractivity contribution in [2.75, 3.05) is 26.4 Å². The fourth-order valence-electron chi connectivity index (χ4n) is 13.0. The average molecular weight is 1550 g/mol. The van der Waals surface area contributed by atoms with Crippen molar-refractivity contribution >= 4 is 5.91 Å². The Labute approximate surface area is 662 Å². The number of aliphatic hydroxyl groups excluding tert-OH is 11. The third kappa shape index (κ3) is 47.1. The highest BCUT2D eigenvalue weighted by molar-refractivity contribution is 5.76. The SMILES string of the molecule is CC/C=C\C/C=C\C/C=C\C/C=C\C/C=C\C/C=C\C/C=C\C/C=C\C/C=C\C/C=C\C/C=C\CCCCCC(=O)NC(COC1OC(CO)C(OC2OC(CO)C(OC3OC(CO)C(O)C(O)C3O)C(O)C2O)C(O)C1O)C(O)/C=C/CC/C=C/CC/C=C/CCCCCCCCCCCCCCCCCCCC. The van der Waals surface area contributed by atoms with Crippen LogP contribution in [0.2, 0.25) is 0 Å². The molecule has 0 bridgehead atoms. The normalized spacial score (nSPS) is 26.1. The summed E-state index contributed by atoms with van der Waals surface area (Å²) in [7, 11) is 0. The number of carbonyl (C=O) groups excluding carboxylic acids is 1. The Kier molecular flexibility index (Phi) is 61.9. The van der Waals surface area contributed by atoms with Crippen LogP contribution < -0.4 is 5.32 Å². The fraction of sp³-hybridized carbons (Fsp3) is 0.681. The minimum Gasteiger partial charge on any atom is -0.394 e. The topological polar surface area (TPSA) is 307 Å². The van der Waals surface area contributed by atoms with Crippen LogP contribution in [0.5, 0.6) is 0 Å². The summed E-state index contributed by atoms with van der Waals surface area (Å²) >= 11 is 0. The van der Waals surface area contributed by atoms with Crippen LogP contribution in [0.15, 0.2) is 170 Å². The first kappa shape index (κ1) is 99.3. The van der Waals surface area contributed by atoms with E-state index in [1.54, 1.807) is 6.08 Å². The molecule has 0 aromatic carbocycles. The minimum absolute atomic E-state index is 0.180. The van der Waals surface area contributed by atoms with E-state index in [9.17, 15) is 61.0 Å². The van der Waals surface area contributed by atoms with Crippen molar-refractivity contribution in [1.82, 2.24) is 5.32 Å². The lowest BCUT2D eigenvalue weighted by atomic mass is 9.96. The van der Waals surface area contributed by atoms with Crippen LogP contribution >= 0.6 is 0 Å². The Morgan fingerprint density at radius 2 is 0.636 bits per heavy atom. The Hall–Kier alpha value is -4.85. The molecule has 0 saturated carbocycles. The van der Waals surface area contributed by atoms with E-state index in [-0.39, 0.29) is 12.3 Å². The number of nitrogens with one attached hydrogen (secondary N) is 1. The Morgan fingerprint density at radius 3 is 1.02 bits per heavy atom. The van der Waals surface area contributed by atoms with E-state index in [0.29, 0.717) is 12.8 Å². The zero-order valence-electron chi connectivity index (χ0n) is 67.2. The maximum absolute atomic E-state index is 13.5. The maximum Gasteiger partial charge on any atom is 0.220 e. The molecule has 0 aromatic heterocycles. The zero-order chi connectivity index (χ0) is 79.5. The molecule has 3 aliphatic heterocycles. The van der Waals surface area contributed by atoms with Gasteiger partial charge in [0.05, 0.1) is 38.6 Å². The summed E-state index contributed by atoms with van der Waals surface area (Å²) in [5.41, 5.74) is 0. The van der Waals surface area contributed by atoms with E-state index < -0.39 is 131 Å². The summed E-state index contributed by atoms with van der Waals surface area (Å²) in [5, 5.41) is 121. The molecule has 19 nitrogen and oxygen atoms in total. The first-order valence-electron chi connectivity index (χ1n) is 42.4. The molecule has 3 fully saturated rings. The monoisotopic (exact) mass is 1540 g/mol. The van der Waals surface area contributed by atoms with Crippen LogP contribution in [0, 0.1) is 0 Å². The summed E-state index contributed by atoms with van der Waals surface area (Å²) in [4.78, 5) is 13.5. The minimum atomic E-state index is -2.00. The number of carbonyl (C=O) groups is 1. The fourth-order valence-corrected chi connectivity index (χ4v) is 13.0. The maximum atomic E-state index is 13.5. The third-order valence-corrected chi connectivity index (χ3v) is 19.7. The molecule has 110 heavy (non-hydrogen) atoms. The van der Waals surface area contributed by atoms with Crippen molar-refractivity contribution in [3.8, 4) is 0 Å². The van der Waals surface area contributed by atoms with Gasteiger partial charge < -0.3 is 89.9 Å². The van der Waals surface area contributed by atoms with E-state index in [2.05, 4.69) is 177 Å². The van der Waals surface area contributed by atoms with Gasteiger partial charge >= 0.3 is 0 Å². The molecule has 626 valence electrons. The van der Waals surface area contributed by atoms with Gasteiger partial charge in [0.1, 0.15) is 73.2 Å². The largest absolute Gasteiger partial charge is 0.394 e. The van der Waals surface area contributed by atoms with E-state index >= 15 is 0 Å². The first-order chi connectivity index (χ1) is 53.8. The molecular formula is C91H149NO18. The molecule has 12 N–H and O–H groups in total. The number of aliphatic hydroxyl groups is 11. The van der Waals surface area contributed by atoms with Crippen molar-refractivity contribution in [2.45, 2.75) is 369 Å². The van der Waals surface area contributed by atoms with Gasteiger partial charge in [-0.25, -0.2) is 0 Å². The molecular weight excluding hydrogens is 1390 g/mol. The summed E-state index contributed by atoms with van der Waals surface area (Å²) in [6, 6.07) is -1.03. The van der Waals surface area contributed by atoms with Gasteiger partial charge in [0.2, 0.25) is 5.91 Å². The van der Waals surface area contributed by atoms with Crippen molar-refractivity contribution in [3.63, 3.8) is 0 Å². The number of ether oxygens (including phenoxy) is 6. The zero-order valence-corrected chi connectivity index (χ0v) is 67.2. The number of allylic oxidation sites excluding steroid dienone is 27. The van der Waals surface area contributed by atoms with Crippen LogP contribution in [-0.4, -0.2) is 193 Å². The average Bonchev–Trinajstić information content (AvgIpc) is 0.784. The highest BCUT2D eigenvalue weighted by Crippen LogP contribution is 2.33. The molecule has 3 aliphatic rings. The third-order valence-electron chi connectivity index (χ3n) is 19.7. The second-order valence-corrected chi connectivity index (χ2v) is 29.2. The van der Waals surface area contributed by atoms with Crippen LogP contribution in [0.25, 0.3) is 0 Å². The predicted molar refractivity (Wildman–Crippen MR) is 442 cm³/mol. The number of amides is 1. The molecule has 3 heterocycles. The number of hydrogen-bond acceptors (Lipinski definition) is 18. The van der Waals surface area contributed by atoms with E-state index in [0.717, 1.165) is 116 Å². The van der Waals surface area contributed by atoms with Crippen molar-refractivity contribution in [2.24, 2.45) is 0 Å². The first-order valence-corrected chi connectivity index (χ1v) is 42.4. The van der Waals surface area contributed by atoms with Gasteiger partial charge in [0, 0.05) is 6.42 Å². The molecule has 17 unspecified atom stereocenters. The summed E-state index contributed by atoms with van der Waals surface area (Å²) in [6.45, 7) is 1.57. The smallest absolute Gasteiger partial charge is 0.220 e. The van der Waals surface area contributed by atoms with Gasteiger partial charge in [-0.05, 0) is 128 Å². The van der Waals surface area contributed by atoms with Crippen LogP contribution in [0.4, 0.5) is 0 Å². The Balaban J connectivity index is 1.40. The van der Waals surface area contributed by atoms with Crippen LogP contribution in [-0.2, 0) is 33.2 Å². The quantitative estimate of drug-likeness (QED) is 0.0199.